The highest BCUT2D eigenvalue weighted by atomic mass is 16.5. The summed E-state index contributed by atoms with van der Waals surface area (Å²) in [5, 5.41) is 3.17. The average Bonchev–Trinajstić information content (AvgIpc) is 3.01. The summed E-state index contributed by atoms with van der Waals surface area (Å²) < 4.78 is 5.55. The Balaban J connectivity index is 2.19. The third kappa shape index (κ3) is 3.39. The van der Waals surface area contributed by atoms with Crippen molar-refractivity contribution in [3.8, 4) is 5.75 Å². The molecule has 1 aromatic rings. The lowest BCUT2D eigenvalue weighted by Gasteiger charge is -2.31. The Bertz CT molecular complexity index is 478. The van der Waals surface area contributed by atoms with E-state index in [0.29, 0.717) is 0 Å². The highest BCUT2D eigenvalue weighted by Crippen LogP contribution is 2.44. The topological polar surface area (TPSA) is 38.3 Å². The lowest BCUT2D eigenvalue weighted by Crippen LogP contribution is -2.41. The summed E-state index contributed by atoms with van der Waals surface area (Å²) in [5.41, 5.74) is 1.28. The van der Waals surface area contributed by atoms with Crippen LogP contribution in [-0.4, -0.2) is 19.6 Å². The van der Waals surface area contributed by atoms with Gasteiger partial charge < -0.3 is 10.1 Å². The van der Waals surface area contributed by atoms with Gasteiger partial charge in [0.25, 0.3) is 0 Å². The van der Waals surface area contributed by atoms with E-state index in [1.165, 1.54) is 18.4 Å². The Morgan fingerprint density at radius 3 is 2.62 bits per heavy atom. The van der Waals surface area contributed by atoms with Gasteiger partial charge in [-0.3, -0.25) is 4.79 Å². The number of hydrogen-bond acceptors (Lipinski definition) is 2. The Labute approximate surface area is 128 Å². The van der Waals surface area contributed by atoms with E-state index >= 15 is 0 Å². The van der Waals surface area contributed by atoms with E-state index in [-0.39, 0.29) is 17.2 Å². The van der Waals surface area contributed by atoms with Crippen molar-refractivity contribution in [2.24, 2.45) is 5.92 Å². The van der Waals surface area contributed by atoms with Gasteiger partial charge in [0.2, 0.25) is 5.91 Å². The summed E-state index contributed by atoms with van der Waals surface area (Å²) >= 11 is 0. The summed E-state index contributed by atoms with van der Waals surface area (Å²) in [6, 6.07) is 8.24. The van der Waals surface area contributed by atoms with Crippen LogP contribution in [0.25, 0.3) is 0 Å². The molecule has 3 heteroatoms. The summed E-state index contributed by atoms with van der Waals surface area (Å²) in [6.07, 6.45) is 5.56. The molecule has 1 unspecified atom stereocenters. The Kier molecular flexibility index (Phi) is 5.27. The molecule has 0 aromatic heterocycles. The molecule has 1 saturated carbocycles. The van der Waals surface area contributed by atoms with Crippen LogP contribution in [0.15, 0.2) is 24.3 Å². The third-order valence-corrected chi connectivity index (χ3v) is 4.90. The molecule has 21 heavy (non-hydrogen) atoms. The molecule has 1 aliphatic rings. The predicted molar refractivity (Wildman–Crippen MR) is 85.6 cm³/mol. The maximum atomic E-state index is 12.1. The normalized spacial score (nSPS) is 18.2. The molecule has 1 N–H and O–H groups in total. The number of nitrogens with one attached hydrogen (secondary N) is 1. The SMILES string of the molecule is CCC(C)C(=O)NCC1(c2ccccc2OC)CCCC1. The molecule has 1 amide bonds. The lowest BCUT2D eigenvalue weighted by atomic mass is 9.78. The maximum Gasteiger partial charge on any atom is 0.222 e. The standard InChI is InChI=1S/C18H27NO2/c1-4-14(2)17(20)19-13-18(11-7-8-12-18)15-9-5-6-10-16(15)21-3/h5-6,9-10,14H,4,7-8,11-13H2,1-3H3,(H,19,20). The maximum absolute atomic E-state index is 12.1. The molecule has 1 aliphatic carbocycles. The Hall–Kier alpha value is -1.51. The van der Waals surface area contributed by atoms with E-state index in [1.54, 1.807) is 7.11 Å². The number of carbonyl (C=O) groups is 1. The minimum Gasteiger partial charge on any atom is -0.496 e. The Morgan fingerprint density at radius 2 is 2.00 bits per heavy atom. The molecule has 0 spiro atoms. The molecule has 1 atom stereocenters. The smallest absolute Gasteiger partial charge is 0.222 e. The second-order valence-electron chi connectivity index (χ2n) is 6.21. The van der Waals surface area contributed by atoms with E-state index in [4.69, 9.17) is 4.74 Å². The van der Waals surface area contributed by atoms with Crippen molar-refractivity contribution in [3.05, 3.63) is 29.8 Å². The molecule has 3 nitrogen and oxygen atoms in total. The van der Waals surface area contributed by atoms with Crippen LogP contribution in [0.4, 0.5) is 0 Å². The van der Waals surface area contributed by atoms with Gasteiger partial charge in [0.15, 0.2) is 0 Å². The Morgan fingerprint density at radius 1 is 1.33 bits per heavy atom. The molecule has 0 bridgehead atoms. The van der Waals surface area contributed by atoms with Gasteiger partial charge in [0.05, 0.1) is 7.11 Å². The van der Waals surface area contributed by atoms with Crippen LogP contribution < -0.4 is 10.1 Å². The van der Waals surface area contributed by atoms with E-state index in [2.05, 4.69) is 24.4 Å². The van der Waals surface area contributed by atoms with Crippen LogP contribution in [0.1, 0.15) is 51.5 Å². The summed E-state index contributed by atoms with van der Waals surface area (Å²) in [6.45, 7) is 4.76. The fraction of sp³-hybridized carbons (Fsp3) is 0.611. The van der Waals surface area contributed by atoms with Crippen LogP contribution in [0.5, 0.6) is 5.75 Å². The lowest BCUT2D eigenvalue weighted by molar-refractivity contribution is -0.124. The van der Waals surface area contributed by atoms with Crippen molar-refractivity contribution in [1.29, 1.82) is 0 Å². The van der Waals surface area contributed by atoms with Gasteiger partial charge in [-0.2, -0.15) is 0 Å². The molecular formula is C18H27NO2. The van der Waals surface area contributed by atoms with Gasteiger partial charge in [-0.1, -0.05) is 44.9 Å². The van der Waals surface area contributed by atoms with Gasteiger partial charge in [0.1, 0.15) is 5.75 Å². The van der Waals surface area contributed by atoms with Gasteiger partial charge in [-0.05, 0) is 25.3 Å². The summed E-state index contributed by atoms with van der Waals surface area (Å²) in [4.78, 5) is 12.1. The number of hydrogen-bond donors (Lipinski definition) is 1. The van der Waals surface area contributed by atoms with Crippen molar-refractivity contribution < 1.29 is 9.53 Å². The van der Waals surface area contributed by atoms with Gasteiger partial charge in [0, 0.05) is 23.4 Å². The second kappa shape index (κ2) is 6.97. The largest absolute Gasteiger partial charge is 0.496 e. The average molecular weight is 289 g/mol. The first-order chi connectivity index (χ1) is 10.1. The van der Waals surface area contributed by atoms with Crippen molar-refractivity contribution >= 4 is 5.91 Å². The van der Waals surface area contributed by atoms with Gasteiger partial charge in [-0.15, -0.1) is 0 Å². The molecule has 0 heterocycles. The van der Waals surface area contributed by atoms with Crippen LogP contribution >= 0.6 is 0 Å². The first-order valence-corrected chi connectivity index (χ1v) is 8.04. The minimum atomic E-state index is 0.0374. The van der Waals surface area contributed by atoms with Gasteiger partial charge in [-0.25, -0.2) is 0 Å². The number of amides is 1. The highest BCUT2D eigenvalue weighted by molar-refractivity contribution is 5.78. The number of carbonyl (C=O) groups excluding carboxylic acids is 1. The van der Waals surface area contributed by atoms with Crippen LogP contribution in [0.2, 0.25) is 0 Å². The first kappa shape index (κ1) is 15.9. The summed E-state index contributed by atoms with van der Waals surface area (Å²) in [5.74, 6) is 1.19. The quantitative estimate of drug-likeness (QED) is 0.867. The molecule has 0 aliphatic heterocycles. The van der Waals surface area contributed by atoms with Crippen LogP contribution in [-0.2, 0) is 10.2 Å². The van der Waals surface area contributed by atoms with Crippen molar-refractivity contribution in [2.75, 3.05) is 13.7 Å². The number of para-hydroxylation sites is 1. The number of benzene rings is 1. The fourth-order valence-electron chi connectivity index (χ4n) is 3.29. The zero-order chi connectivity index (χ0) is 15.3. The number of methoxy groups -OCH3 is 1. The molecule has 2 rings (SSSR count). The molecule has 1 aromatic carbocycles. The fourth-order valence-corrected chi connectivity index (χ4v) is 3.29. The zero-order valence-electron chi connectivity index (χ0n) is 13.4. The van der Waals surface area contributed by atoms with Gasteiger partial charge >= 0.3 is 0 Å². The van der Waals surface area contributed by atoms with E-state index in [1.807, 2.05) is 19.1 Å². The van der Waals surface area contributed by atoms with Crippen LogP contribution in [0, 0.1) is 5.92 Å². The highest BCUT2D eigenvalue weighted by Gasteiger charge is 2.38. The van der Waals surface area contributed by atoms with E-state index in [9.17, 15) is 4.79 Å². The summed E-state index contributed by atoms with van der Waals surface area (Å²) in [7, 11) is 1.72. The van der Waals surface area contributed by atoms with E-state index in [0.717, 1.165) is 31.6 Å². The van der Waals surface area contributed by atoms with Crippen LogP contribution in [0.3, 0.4) is 0 Å². The monoisotopic (exact) mass is 289 g/mol. The van der Waals surface area contributed by atoms with Crippen molar-refractivity contribution in [2.45, 2.75) is 51.4 Å². The van der Waals surface area contributed by atoms with E-state index < -0.39 is 0 Å². The first-order valence-electron chi connectivity index (χ1n) is 8.04. The third-order valence-electron chi connectivity index (χ3n) is 4.90. The van der Waals surface area contributed by atoms with Crippen molar-refractivity contribution in [1.82, 2.24) is 5.32 Å². The minimum absolute atomic E-state index is 0.0374. The molecule has 0 radical (unpaired) electrons. The second-order valence-corrected chi connectivity index (χ2v) is 6.21. The molecule has 1 fully saturated rings. The van der Waals surface area contributed by atoms with Crippen molar-refractivity contribution in [3.63, 3.8) is 0 Å². The molecule has 0 saturated heterocycles. The number of rotatable bonds is 6. The molecular weight excluding hydrogens is 262 g/mol. The molecule has 116 valence electrons. The predicted octanol–water partition coefficient (Wildman–Crippen LogP) is 3.67. The number of ether oxygens (including phenoxy) is 1. The zero-order valence-corrected chi connectivity index (χ0v) is 13.4.